The summed E-state index contributed by atoms with van der Waals surface area (Å²) in [4.78, 5) is 0. The molecular formula is C12H18O2. The summed E-state index contributed by atoms with van der Waals surface area (Å²) in [6.07, 6.45) is 10.3. The molecule has 0 amide bonds. The molecule has 0 unspecified atom stereocenters. The average Bonchev–Trinajstić information content (AvgIpc) is 2.62. The van der Waals surface area contributed by atoms with Crippen LogP contribution in [0.4, 0.5) is 0 Å². The van der Waals surface area contributed by atoms with Gasteiger partial charge < -0.3 is 9.84 Å². The average molecular weight is 194 g/mol. The Labute approximate surface area is 85.3 Å². The number of hydrogen-bond acceptors (Lipinski definition) is 2. The molecule has 2 nitrogen and oxygen atoms in total. The van der Waals surface area contributed by atoms with E-state index in [0.717, 1.165) is 32.3 Å². The first-order chi connectivity index (χ1) is 6.72. The highest BCUT2D eigenvalue weighted by Gasteiger charge is 2.51. The van der Waals surface area contributed by atoms with Gasteiger partial charge in [0, 0.05) is 13.0 Å². The van der Waals surface area contributed by atoms with E-state index in [4.69, 9.17) is 4.74 Å². The second kappa shape index (κ2) is 3.52. The van der Waals surface area contributed by atoms with Gasteiger partial charge in [-0.05, 0) is 25.7 Å². The Balaban J connectivity index is 2.29. The molecule has 0 radical (unpaired) electrons. The van der Waals surface area contributed by atoms with Crippen molar-refractivity contribution in [1.29, 1.82) is 0 Å². The van der Waals surface area contributed by atoms with Crippen LogP contribution in [-0.2, 0) is 4.74 Å². The lowest BCUT2D eigenvalue weighted by atomic mass is 9.72. The zero-order valence-electron chi connectivity index (χ0n) is 8.54. The highest BCUT2D eigenvalue weighted by molar-refractivity contribution is 5.20. The molecule has 0 aromatic rings. The molecule has 0 aromatic heterocycles. The summed E-state index contributed by atoms with van der Waals surface area (Å²) in [5.41, 5.74) is -1.14. The maximum Gasteiger partial charge on any atom is 0.115 e. The Kier molecular flexibility index (Phi) is 2.50. The van der Waals surface area contributed by atoms with Gasteiger partial charge >= 0.3 is 0 Å². The fraction of sp³-hybridized carbons (Fsp3) is 0.667. The number of ether oxygens (including phenoxy) is 1. The summed E-state index contributed by atoms with van der Waals surface area (Å²) >= 11 is 0. The fourth-order valence-corrected chi connectivity index (χ4v) is 2.67. The standard InChI is InChI=1S/C12H18O2/c1-2-6-11(13)7-3-4-8-12(11)9-5-10-14-12/h2-3,7,13H,1,4-6,8-10H2/t11-,12+/m0/s1. The van der Waals surface area contributed by atoms with Crippen molar-refractivity contribution in [2.75, 3.05) is 6.61 Å². The third-order valence-corrected chi connectivity index (χ3v) is 3.46. The summed E-state index contributed by atoms with van der Waals surface area (Å²) in [6, 6.07) is 0. The number of aliphatic hydroxyl groups is 1. The van der Waals surface area contributed by atoms with Crippen LogP contribution in [0.5, 0.6) is 0 Å². The van der Waals surface area contributed by atoms with Crippen LogP contribution in [0, 0.1) is 0 Å². The Bertz CT molecular complexity index is 251. The lowest BCUT2D eigenvalue weighted by Crippen LogP contribution is -2.53. The monoisotopic (exact) mass is 194 g/mol. The molecule has 2 heteroatoms. The summed E-state index contributed by atoms with van der Waals surface area (Å²) in [7, 11) is 0. The number of rotatable bonds is 2. The van der Waals surface area contributed by atoms with Gasteiger partial charge in [-0.2, -0.15) is 0 Å². The molecule has 1 heterocycles. The van der Waals surface area contributed by atoms with Gasteiger partial charge in [-0.15, -0.1) is 6.58 Å². The minimum Gasteiger partial charge on any atom is -0.382 e. The molecule has 14 heavy (non-hydrogen) atoms. The molecule has 0 saturated carbocycles. The highest BCUT2D eigenvalue weighted by atomic mass is 16.5. The topological polar surface area (TPSA) is 29.5 Å². The van der Waals surface area contributed by atoms with Crippen molar-refractivity contribution in [2.24, 2.45) is 0 Å². The summed E-state index contributed by atoms with van der Waals surface area (Å²) in [5, 5.41) is 10.5. The fourth-order valence-electron chi connectivity index (χ4n) is 2.67. The van der Waals surface area contributed by atoms with Crippen LogP contribution in [-0.4, -0.2) is 22.9 Å². The molecule has 1 fully saturated rings. The van der Waals surface area contributed by atoms with E-state index in [2.05, 4.69) is 12.7 Å². The van der Waals surface area contributed by atoms with Crippen molar-refractivity contribution in [3.63, 3.8) is 0 Å². The second-order valence-electron chi connectivity index (χ2n) is 4.30. The van der Waals surface area contributed by atoms with Crippen molar-refractivity contribution >= 4 is 0 Å². The first kappa shape index (κ1) is 9.94. The van der Waals surface area contributed by atoms with Gasteiger partial charge in [0.2, 0.25) is 0 Å². The first-order valence-electron chi connectivity index (χ1n) is 5.37. The summed E-state index contributed by atoms with van der Waals surface area (Å²) in [5.74, 6) is 0. The largest absolute Gasteiger partial charge is 0.382 e. The molecule has 0 aromatic carbocycles. The second-order valence-corrected chi connectivity index (χ2v) is 4.30. The minimum absolute atomic E-state index is 0.323. The Morgan fingerprint density at radius 3 is 3.00 bits per heavy atom. The van der Waals surface area contributed by atoms with Gasteiger partial charge in [0.15, 0.2) is 0 Å². The van der Waals surface area contributed by atoms with Crippen LogP contribution in [0.25, 0.3) is 0 Å². The molecule has 2 aliphatic rings. The van der Waals surface area contributed by atoms with Gasteiger partial charge in [0.05, 0.1) is 0 Å². The molecule has 78 valence electrons. The van der Waals surface area contributed by atoms with E-state index in [1.807, 2.05) is 6.08 Å². The van der Waals surface area contributed by atoms with Crippen LogP contribution in [0.1, 0.15) is 32.1 Å². The van der Waals surface area contributed by atoms with E-state index < -0.39 is 5.60 Å². The SMILES string of the molecule is C=CC[C@]1(O)C=CCC[C@@]12CCCO2. The Hall–Kier alpha value is -0.600. The van der Waals surface area contributed by atoms with E-state index in [0.29, 0.717) is 6.42 Å². The normalized spacial score (nSPS) is 41.8. The van der Waals surface area contributed by atoms with Crippen LogP contribution in [0.3, 0.4) is 0 Å². The summed E-state index contributed by atoms with van der Waals surface area (Å²) < 4.78 is 5.80. The maximum atomic E-state index is 10.5. The molecule has 2 atom stereocenters. The summed E-state index contributed by atoms with van der Waals surface area (Å²) in [6.45, 7) is 4.49. The van der Waals surface area contributed by atoms with Crippen molar-refractivity contribution in [3.8, 4) is 0 Å². The molecule has 1 saturated heterocycles. The first-order valence-corrected chi connectivity index (χ1v) is 5.37. The smallest absolute Gasteiger partial charge is 0.115 e. The Morgan fingerprint density at radius 1 is 1.50 bits per heavy atom. The van der Waals surface area contributed by atoms with E-state index >= 15 is 0 Å². The van der Waals surface area contributed by atoms with Gasteiger partial charge in [0.1, 0.15) is 11.2 Å². The van der Waals surface area contributed by atoms with Crippen molar-refractivity contribution in [3.05, 3.63) is 24.8 Å². The molecule has 1 aliphatic carbocycles. The van der Waals surface area contributed by atoms with Gasteiger partial charge in [-0.1, -0.05) is 18.2 Å². The maximum absolute atomic E-state index is 10.5. The predicted molar refractivity (Wildman–Crippen MR) is 56.1 cm³/mol. The minimum atomic E-state index is -0.816. The van der Waals surface area contributed by atoms with Crippen molar-refractivity contribution in [2.45, 2.75) is 43.3 Å². The number of hydrogen-bond donors (Lipinski definition) is 1. The quantitative estimate of drug-likeness (QED) is 0.683. The number of allylic oxidation sites excluding steroid dienone is 1. The van der Waals surface area contributed by atoms with Crippen LogP contribution in [0.2, 0.25) is 0 Å². The lowest BCUT2D eigenvalue weighted by Gasteiger charge is -2.44. The van der Waals surface area contributed by atoms with Gasteiger partial charge in [0.25, 0.3) is 0 Å². The zero-order chi connectivity index (χ0) is 10.1. The molecule has 1 N–H and O–H groups in total. The Morgan fingerprint density at radius 2 is 2.36 bits per heavy atom. The van der Waals surface area contributed by atoms with E-state index in [-0.39, 0.29) is 5.60 Å². The molecule has 1 aliphatic heterocycles. The third kappa shape index (κ3) is 1.33. The van der Waals surface area contributed by atoms with Gasteiger partial charge in [-0.3, -0.25) is 0 Å². The lowest BCUT2D eigenvalue weighted by molar-refractivity contribution is -0.140. The third-order valence-electron chi connectivity index (χ3n) is 3.46. The van der Waals surface area contributed by atoms with E-state index in [9.17, 15) is 5.11 Å². The predicted octanol–water partition coefficient (Wildman–Crippen LogP) is 2.19. The zero-order valence-corrected chi connectivity index (χ0v) is 8.54. The molecule has 2 rings (SSSR count). The van der Waals surface area contributed by atoms with Crippen LogP contribution >= 0.6 is 0 Å². The highest BCUT2D eigenvalue weighted by Crippen LogP contribution is 2.45. The molecule has 1 spiro atoms. The van der Waals surface area contributed by atoms with E-state index in [1.54, 1.807) is 6.08 Å². The van der Waals surface area contributed by atoms with Crippen LogP contribution in [0.15, 0.2) is 24.8 Å². The molecular weight excluding hydrogens is 176 g/mol. The molecule has 0 bridgehead atoms. The van der Waals surface area contributed by atoms with Gasteiger partial charge in [-0.25, -0.2) is 0 Å². The van der Waals surface area contributed by atoms with E-state index in [1.165, 1.54) is 0 Å². The van der Waals surface area contributed by atoms with Crippen LogP contribution < -0.4 is 0 Å². The van der Waals surface area contributed by atoms with Crippen molar-refractivity contribution < 1.29 is 9.84 Å². The van der Waals surface area contributed by atoms with Crippen molar-refractivity contribution in [1.82, 2.24) is 0 Å².